The van der Waals surface area contributed by atoms with Gasteiger partial charge in [-0.1, -0.05) is 56.4 Å². The van der Waals surface area contributed by atoms with Gasteiger partial charge in [-0.15, -0.1) is 0 Å². The number of unbranched alkanes of at least 4 members (excludes halogenated alkanes) is 3. The summed E-state index contributed by atoms with van der Waals surface area (Å²) in [6.07, 6.45) is 5.22. The zero-order valence-electron chi connectivity index (χ0n) is 19.3. The molecule has 0 aliphatic carbocycles. The summed E-state index contributed by atoms with van der Waals surface area (Å²) >= 11 is 4.45. The van der Waals surface area contributed by atoms with E-state index in [-0.39, 0.29) is 0 Å². The number of thiocarbonyl (C=S) groups is 1. The van der Waals surface area contributed by atoms with Crippen molar-refractivity contribution < 1.29 is 8.78 Å². The first kappa shape index (κ1) is 25.1. The molecular weight excluding hydrogens is 444 g/mol. The van der Waals surface area contributed by atoms with Crippen LogP contribution in [-0.4, -0.2) is 5.16 Å². The Kier molecular flexibility index (Phi) is 9.30. The molecule has 170 valence electrons. The van der Waals surface area contributed by atoms with E-state index in [4.69, 9.17) is 0 Å². The van der Waals surface area contributed by atoms with Crippen LogP contribution in [0.5, 0.6) is 0 Å². The molecule has 0 saturated carbocycles. The van der Waals surface area contributed by atoms with E-state index in [1.54, 1.807) is 0 Å². The summed E-state index contributed by atoms with van der Waals surface area (Å²) in [6.45, 7) is 4.21. The molecule has 0 unspecified atom stereocenters. The van der Waals surface area contributed by atoms with E-state index in [0.29, 0.717) is 11.1 Å². The van der Waals surface area contributed by atoms with Crippen LogP contribution >= 0.6 is 12.2 Å². The largest absolute Gasteiger partial charge is 0.204 e. The van der Waals surface area contributed by atoms with Gasteiger partial charge in [0, 0.05) is 23.1 Å². The van der Waals surface area contributed by atoms with Crippen LogP contribution in [0.2, 0.25) is 0 Å². The number of halogens is 2. The summed E-state index contributed by atoms with van der Waals surface area (Å²) in [4.78, 5) is 3.46. The minimum absolute atomic E-state index is 0.426. The van der Waals surface area contributed by atoms with Crippen LogP contribution in [0.1, 0.15) is 61.8 Å². The molecule has 1 nitrogen and oxygen atoms in total. The second-order valence-corrected chi connectivity index (χ2v) is 7.99. The quantitative estimate of drug-likeness (QED) is 0.153. The van der Waals surface area contributed by atoms with E-state index in [9.17, 15) is 8.78 Å². The Balaban J connectivity index is 1.80. The van der Waals surface area contributed by atoms with Crippen molar-refractivity contribution in [3.63, 3.8) is 0 Å². The summed E-state index contributed by atoms with van der Waals surface area (Å²) in [5.41, 5.74) is 4.49. The number of hydrogen-bond donors (Lipinski definition) is 0. The normalized spacial score (nSPS) is 9.88. The van der Waals surface area contributed by atoms with E-state index in [0.717, 1.165) is 41.5 Å². The van der Waals surface area contributed by atoms with Gasteiger partial charge in [0.05, 0.1) is 5.16 Å². The SMILES string of the molecule is CCCCCC#Cc1ccc(C#Cc2ccc(-c3cc(F)c(N=C=S)c(F)c3)cc2CC)cc1. The third-order valence-corrected chi connectivity index (χ3v) is 5.45. The highest BCUT2D eigenvalue weighted by Gasteiger charge is 2.12. The number of aliphatic imine (C=N–C) groups is 1. The summed E-state index contributed by atoms with van der Waals surface area (Å²) in [6, 6.07) is 16.0. The minimum Gasteiger partial charge on any atom is -0.204 e. The lowest BCUT2D eigenvalue weighted by Gasteiger charge is -2.08. The molecule has 3 rings (SSSR count). The summed E-state index contributed by atoms with van der Waals surface area (Å²) in [5.74, 6) is 11.3. The Bertz CT molecular complexity index is 1310. The third-order valence-electron chi connectivity index (χ3n) is 5.36. The first-order chi connectivity index (χ1) is 16.5. The van der Waals surface area contributed by atoms with Crippen LogP contribution in [0.25, 0.3) is 11.1 Å². The Morgan fingerprint density at radius 2 is 1.47 bits per heavy atom. The van der Waals surface area contributed by atoms with Crippen LogP contribution in [0.4, 0.5) is 14.5 Å². The van der Waals surface area contributed by atoms with Crippen LogP contribution in [0.3, 0.4) is 0 Å². The van der Waals surface area contributed by atoms with Gasteiger partial charge >= 0.3 is 0 Å². The fourth-order valence-electron chi connectivity index (χ4n) is 3.48. The molecule has 0 aromatic heterocycles. The summed E-state index contributed by atoms with van der Waals surface area (Å²) in [5, 5.41) is 2.00. The molecule has 4 heteroatoms. The molecule has 0 N–H and O–H groups in total. The topological polar surface area (TPSA) is 12.4 Å². The maximum Gasteiger partial charge on any atom is 0.153 e. The van der Waals surface area contributed by atoms with Gasteiger partial charge in [-0.25, -0.2) is 8.78 Å². The Morgan fingerprint density at radius 1 is 0.794 bits per heavy atom. The number of nitrogens with zero attached hydrogens (tertiary/aromatic N) is 1. The highest BCUT2D eigenvalue weighted by molar-refractivity contribution is 7.78. The van der Waals surface area contributed by atoms with E-state index < -0.39 is 17.3 Å². The van der Waals surface area contributed by atoms with E-state index in [2.05, 4.69) is 47.8 Å². The molecule has 0 heterocycles. The molecule has 0 radical (unpaired) electrons. The summed E-state index contributed by atoms with van der Waals surface area (Å²) < 4.78 is 28.5. The number of isothiocyanates is 1. The van der Waals surface area contributed by atoms with Crippen LogP contribution < -0.4 is 0 Å². The highest BCUT2D eigenvalue weighted by Crippen LogP contribution is 2.30. The van der Waals surface area contributed by atoms with Gasteiger partial charge in [0.2, 0.25) is 0 Å². The summed E-state index contributed by atoms with van der Waals surface area (Å²) in [7, 11) is 0. The van der Waals surface area contributed by atoms with Gasteiger partial charge in [-0.3, -0.25) is 0 Å². The highest BCUT2D eigenvalue weighted by atomic mass is 32.1. The molecule has 0 saturated heterocycles. The Labute approximate surface area is 206 Å². The van der Waals surface area contributed by atoms with Crippen molar-refractivity contribution in [1.29, 1.82) is 0 Å². The van der Waals surface area contributed by atoms with Crippen molar-refractivity contribution in [2.45, 2.75) is 46.0 Å². The molecule has 0 aliphatic rings. The van der Waals surface area contributed by atoms with Crippen molar-refractivity contribution in [3.8, 4) is 34.8 Å². The zero-order chi connectivity index (χ0) is 24.3. The minimum atomic E-state index is -0.775. The maximum absolute atomic E-state index is 14.2. The number of aryl methyl sites for hydroxylation is 1. The molecule has 34 heavy (non-hydrogen) atoms. The van der Waals surface area contributed by atoms with Gasteiger partial charge < -0.3 is 0 Å². The van der Waals surface area contributed by atoms with E-state index >= 15 is 0 Å². The van der Waals surface area contributed by atoms with Gasteiger partial charge in [0.15, 0.2) is 11.6 Å². The predicted octanol–water partition coefficient (Wildman–Crippen LogP) is 8.26. The maximum atomic E-state index is 14.2. The molecule has 0 amide bonds. The van der Waals surface area contributed by atoms with Crippen molar-refractivity contribution in [1.82, 2.24) is 0 Å². The molecule has 0 aliphatic heterocycles. The lowest BCUT2D eigenvalue weighted by Crippen LogP contribution is -1.91. The standard InChI is InChI=1S/C30H25F2NS/c1-3-5-6-7-8-9-22-10-12-23(13-11-22)14-15-25-16-17-26(18-24(25)4-2)27-19-28(31)30(33-21-34)29(32)20-27/h10-13,16-20H,3-7H2,1-2H3. The fraction of sp³-hybridized carbons (Fsp3) is 0.233. The van der Waals surface area contributed by atoms with Gasteiger partial charge in [0.1, 0.15) is 5.69 Å². The van der Waals surface area contributed by atoms with E-state index in [1.807, 2.05) is 54.5 Å². The predicted molar refractivity (Wildman–Crippen MR) is 139 cm³/mol. The number of benzene rings is 3. The van der Waals surface area contributed by atoms with Gasteiger partial charge in [-0.05, 0) is 90.3 Å². The molecule has 3 aromatic rings. The average molecular weight is 470 g/mol. The number of rotatable bonds is 6. The van der Waals surface area contributed by atoms with Gasteiger partial charge in [0.25, 0.3) is 0 Å². The molecule has 0 spiro atoms. The molecular formula is C30H25F2NS. The van der Waals surface area contributed by atoms with Crippen molar-refractivity contribution in [2.75, 3.05) is 0 Å². The average Bonchev–Trinajstić information content (AvgIpc) is 2.85. The Hall–Kier alpha value is -3.56. The second kappa shape index (κ2) is 12.6. The lowest BCUT2D eigenvalue weighted by atomic mass is 9.97. The number of hydrogen-bond acceptors (Lipinski definition) is 2. The zero-order valence-corrected chi connectivity index (χ0v) is 20.2. The van der Waals surface area contributed by atoms with E-state index in [1.165, 1.54) is 25.0 Å². The van der Waals surface area contributed by atoms with Crippen LogP contribution in [-0.2, 0) is 6.42 Å². The first-order valence-corrected chi connectivity index (χ1v) is 11.8. The lowest BCUT2D eigenvalue weighted by molar-refractivity contribution is 0.588. The molecule has 0 fully saturated rings. The van der Waals surface area contributed by atoms with Crippen molar-refractivity contribution in [2.24, 2.45) is 4.99 Å². The molecule has 0 bridgehead atoms. The van der Waals surface area contributed by atoms with Crippen molar-refractivity contribution in [3.05, 3.63) is 88.5 Å². The van der Waals surface area contributed by atoms with Gasteiger partial charge in [-0.2, -0.15) is 4.99 Å². The fourth-order valence-corrected chi connectivity index (χ4v) is 3.57. The Morgan fingerprint density at radius 3 is 2.09 bits per heavy atom. The monoisotopic (exact) mass is 469 g/mol. The van der Waals surface area contributed by atoms with Crippen molar-refractivity contribution >= 4 is 23.1 Å². The molecule has 3 aromatic carbocycles. The second-order valence-electron chi connectivity index (χ2n) is 7.80. The molecule has 0 atom stereocenters. The van der Waals surface area contributed by atoms with Crippen LogP contribution in [0.15, 0.2) is 59.6 Å². The first-order valence-electron chi connectivity index (χ1n) is 11.4. The van der Waals surface area contributed by atoms with Crippen LogP contribution in [0, 0.1) is 35.3 Å². The third kappa shape index (κ3) is 6.72. The smallest absolute Gasteiger partial charge is 0.153 e.